The van der Waals surface area contributed by atoms with E-state index in [1.54, 1.807) is 5.38 Å². The molecule has 106 valence electrons. The number of carbonyl (C=O) groups excluding carboxylic acids is 1. The van der Waals surface area contributed by atoms with Crippen LogP contribution in [-0.2, 0) is 12.0 Å². The Morgan fingerprint density at radius 2 is 2.05 bits per heavy atom. The van der Waals surface area contributed by atoms with Gasteiger partial charge >= 0.3 is 0 Å². The third-order valence-corrected chi connectivity index (χ3v) is 3.97. The standard InChI is InChI=1S/C15H19N3OS/c1-15(2,11-6-4-3-5-7-11)18-14(19)12-10-20-13(17-12)8-9-16/h3-7,10H,8-9,16H2,1-2H3,(H,18,19). The van der Waals surface area contributed by atoms with E-state index in [1.165, 1.54) is 11.3 Å². The van der Waals surface area contributed by atoms with E-state index in [0.717, 1.165) is 10.6 Å². The molecular weight excluding hydrogens is 270 g/mol. The Bertz CT molecular complexity index is 578. The molecule has 0 spiro atoms. The molecule has 0 radical (unpaired) electrons. The van der Waals surface area contributed by atoms with Crippen LogP contribution in [0.5, 0.6) is 0 Å². The first-order valence-corrected chi connectivity index (χ1v) is 7.43. The molecule has 20 heavy (non-hydrogen) atoms. The molecule has 0 aliphatic rings. The summed E-state index contributed by atoms with van der Waals surface area (Å²) < 4.78 is 0. The van der Waals surface area contributed by atoms with Crippen molar-refractivity contribution in [3.05, 3.63) is 52.0 Å². The summed E-state index contributed by atoms with van der Waals surface area (Å²) in [7, 11) is 0. The zero-order chi connectivity index (χ0) is 14.6. The van der Waals surface area contributed by atoms with E-state index in [9.17, 15) is 4.79 Å². The first-order valence-electron chi connectivity index (χ1n) is 6.55. The third-order valence-electron chi connectivity index (χ3n) is 3.06. The number of nitrogens with zero attached hydrogens (tertiary/aromatic N) is 1. The average Bonchev–Trinajstić information content (AvgIpc) is 2.88. The fraction of sp³-hybridized carbons (Fsp3) is 0.333. The fourth-order valence-corrected chi connectivity index (χ4v) is 2.72. The Morgan fingerprint density at radius 1 is 1.35 bits per heavy atom. The highest BCUT2D eigenvalue weighted by atomic mass is 32.1. The normalized spacial score (nSPS) is 11.3. The SMILES string of the molecule is CC(C)(NC(=O)c1csc(CCN)n1)c1ccccc1. The summed E-state index contributed by atoms with van der Waals surface area (Å²) >= 11 is 1.47. The molecule has 0 fully saturated rings. The van der Waals surface area contributed by atoms with Gasteiger partial charge in [0.25, 0.3) is 5.91 Å². The lowest BCUT2D eigenvalue weighted by Gasteiger charge is -2.26. The highest BCUT2D eigenvalue weighted by molar-refractivity contribution is 7.09. The monoisotopic (exact) mass is 289 g/mol. The van der Waals surface area contributed by atoms with Crippen molar-refractivity contribution in [3.63, 3.8) is 0 Å². The van der Waals surface area contributed by atoms with Gasteiger partial charge in [0.1, 0.15) is 5.69 Å². The van der Waals surface area contributed by atoms with Crippen molar-refractivity contribution in [1.82, 2.24) is 10.3 Å². The maximum absolute atomic E-state index is 12.3. The molecule has 0 saturated heterocycles. The zero-order valence-corrected chi connectivity index (χ0v) is 12.5. The van der Waals surface area contributed by atoms with E-state index in [4.69, 9.17) is 5.73 Å². The molecule has 4 nitrogen and oxygen atoms in total. The smallest absolute Gasteiger partial charge is 0.271 e. The molecular formula is C15H19N3OS. The number of aromatic nitrogens is 1. The third kappa shape index (κ3) is 3.43. The second kappa shape index (κ2) is 6.15. The summed E-state index contributed by atoms with van der Waals surface area (Å²) in [5.74, 6) is -0.154. The van der Waals surface area contributed by atoms with Crippen molar-refractivity contribution in [2.75, 3.05) is 6.54 Å². The lowest BCUT2D eigenvalue weighted by molar-refractivity contribution is 0.0907. The predicted octanol–water partition coefficient (Wildman–Crippen LogP) is 2.31. The molecule has 2 aromatic rings. The van der Waals surface area contributed by atoms with Gasteiger partial charge < -0.3 is 11.1 Å². The summed E-state index contributed by atoms with van der Waals surface area (Å²) in [4.78, 5) is 16.6. The second-order valence-electron chi connectivity index (χ2n) is 5.11. The van der Waals surface area contributed by atoms with Crippen LogP contribution < -0.4 is 11.1 Å². The van der Waals surface area contributed by atoms with E-state index in [0.29, 0.717) is 18.7 Å². The van der Waals surface area contributed by atoms with Crippen LogP contribution in [0.1, 0.15) is 34.9 Å². The minimum atomic E-state index is -0.435. The van der Waals surface area contributed by atoms with E-state index in [-0.39, 0.29) is 5.91 Å². The van der Waals surface area contributed by atoms with Crippen LogP contribution in [-0.4, -0.2) is 17.4 Å². The molecule has 1 heterocycles. The lowest BCUT2D eigenvalue weighted by atomic mass is 9.94. The van der Waals surface area contributed by atoms with Crippen LogP contribution in [0.4, 0.5) is 0 Å². The van der Waals surface area contributed by atoms with Crippen LogP contribution in [0.15, 0.2) is 35.7 Å². The van der Waals surface area contributed by atoms with Gasteiger partial charge in [-0.2, -0.15) is 0 Å². The second-order valence-corrected chi connectivity index (χ2v) is 6.05. The number of nitrogens with one attached hydrogen (secondary N) is 1. The largest absolute Gasteiger partial charge is 0.342 e. The summed E-state index contributed by atoms with van der Waals surface area (Å²) in [5.41, 5.74) is 6.58. The molecule has 0 unspecified atom stereocenters. The highest BCUT2D eigenvalue weighted by Gasteiger charge is 2.24. The van der Waals surface area contributed by atoms with Gasteiger partial charge in [-0.15, -0.1) is 11.3 Å². The van der Waals surface area contributed by atoms with Gasteiger partial charge in [0, 0.05) is 11.8 Å². The molecule has 0 saturated carbocycles. The number of hydrogen-bond acceptors (Lipinski definition) is 4. The molecule has 2 rings (SSSR count). The minimum Gasteiger partial charge on any atom is -0.342 e. The van der Waals surface area contributed by atoms with Crippen molar-refractivity contribution < 1.29 is 4.79 Å². The minimum absolute atomic E-state index is 0.154. The summed E-state index contributed by atoms with van der Waals surface area (Å²) in [6.45, 7) is 4.50. The molecule has 1 amide bonds. The number of amides is 1. The van der Waals surface area contributed by atoms with Gasteiger partial charge in [-0.1, -0.05) is 30.3 Å². The summed E-state index contributed by atoms with van der Waals surface area (Å²) in [6.07, 6.45) is 0.708. The molecule has 0 atom stereocenters. The van der Waals surface area contributed by atoms with Gasteiger partial charge in [-0.25, -0.2) is 4.98 Å². The first kappa shape index (κ1) is 14.7. The summed E-state index contributed by atoms with van der Waals surface area (Å²) in [5, 5.41) is 5.70. The van der Waals surface area contributed by atoms with Gasteiger partial charge in [-0.05, 0) is 26.0 Å². The molecule has 0 aliphatic heterocycles. The average molecular weight is 289 g/mol. The van der Waals surface area contributed by atoms with Crippen LogP contribution in [0.25, 0.3) is 0 Å². The Labute approximate surface area is 123 Å². The fourth-order valence-electron chi connectivity index (χ4n) is 1.93. The maximum atomic E-state index is 12.3. The number of rotatable bonds is 5. The van der Waals surface area contributed by atoms with Crippen molar-refractivity contribution in [3.8, 4) is 0 Å². The first-order chi connectivity index (χ1) is 9.53. The van der Waals surface area contributed by atoms with Crippen molar-refractivity contribution in [2.45, 2.75) is 25.8 Å². The Kier molecular flexibility index (Phi) is 4.52. The molecule has 1 aromatic carbocycles. The van der Waals surface area contributed by atoms with Gasteiger partial charge in [0.15, 0.2) is 0 Å². The van der Waals surface area contributed by atoms with Crippen LogP contribution in [0.2, 0.25) is 0 Å². The number of carbonyl (C=O) groups is 1. The quantitative estimate of drug-likeness (QED) is 0.887. The lowest BCUT2D eigenvalue weighted by Crippen LogP contribution is -2.41. The highest BCUT2D eigenvalue weighted by Crippen LogP contribution is 2.20. The van der Waals surface area contributed by atoms with E-state index < -0.39 is 5.54 Å². The number of thiazole rings is 1. The van der Waals surface area contributed by atoms with Gasteiger partial charge in [-0.3, -0.25) is 4.79 Å². The summed E-state index contributed by atoms with van der Waals surface area (Å²) in [6, 6.07) is 9.89. The van der Waals surface area contributed by atoms with Crippen LogP contribution in [0, 0.1) is 0 Å². The maximum Gasteiger partial charge on any atom is 0.271 e. The molecule has 1 aromatic heterocycles. The Balaban J connectivity index is 2.10. The van der Waals surface area contributed by atoms with E-state index in [2.05, 4.69) is 10.3 Å². The molecule has 0 bridgehead atoms. The number of hydrogen-bond donors (Lipinski definition) is 2. The molecule has 0 aliphatic carbocycles. The number of nitrogens with two attached hydrogens (primary N) is 1. The topological polar surface area (TPSA) is 68.0 Å². The van der Waals surface area contributed by atoms with Gasteiger partial charge in [0.2, 0.25) is 0 Å². The van der Waals surface area contributed by atoms with Crippen molar-refractivity contribution in [2.24, 2.45) is 5.73 Å². The molecule has 3 N–H and O–H groups in total. The zero-order valence-electron chi connectivity index (χ0n) is 11.7. The van der Waals surface area contributed by atoms with Crippen molar-refractivity contribution in [1.29, 1.82) is 0 Å². The predicted molar refractivity (Wildman–Crippen MR) is 81.8 cm³/mol. The Morgan fingerprint density at radius 3 is 2.70 bits per heavy atom. The van der Waals surface area contributed by atoms with Crippen LogP contribution >= 0.6 is 11.3 Å². The number of benzene rings is 1. The van der Waals surface area contributed by atoms with Crippen molar-refractivity contribution >= 4 is 17.2 Å². The van der Waals surface area contributed by atoms with E-state index in [1.807, 2.05) is 44.2 Å². The van der Waals surface area contributed by atoms with E-state index >= 15 is 0 Å². The van der Waals surface area contributed by atoms with Crippen LogP contribution in [0.3, 0.4) is 0 Å². The Hall–Kier alpha value is -1.72. The van der Waals surface area contributed by atoms with Gasteiger partial charge in [0.05, 0.1) is 10.5 Å². The molecule has 5 heteroatoms.